The van der Waals surface area contributed by atoms with Crippen LogP contribution in [0.5, 0.6) is 0 Å². The first-order valence-corrected chi connectivity index (χ1v) is 10.3. The molecule has 0 saturated heterocycles. The van der Waals surface area contributed by atoms with Crippen molar-refractivity contribution in [3.63, 3.8) is 0 Å². The summed E-state index contributed by atoms with van der Waals surface area (Å²) in [5.74, 6) is -2.23. The smallest absolute Gasteiger partial charge is 0.329 e. The Hall–Kier alpha value is -3.68. The lowest BCUT2D eigenvalue weighted by Crippen LogP contribution is -2.46. The van der Waals surface area contributed by atoms with Crippen LogP contribution in [0.2, 0.25) is 0 Å². The highest BCUT2D eigenvalue weighted by molar-refractivity contribution is 6.02. The Labute approximate surface area is 187 Å². The van der Waals surface area contributed by atoms with Gasteiger partial charge in [-0.05, 0) is 62.1 Å². The fourth-order valence-corrected chi connectivity index (χ4v) is 2.88. The van der Waals surface area contributed by atoms with Gasteiger partial charge in [-0.25, -0.2) is 9.59 Å². The number of carbonyl (C=O) groups is 4. The maximum Gasteiger partial charge on any atom is 0.329 e. The number of amides is 4. The molecule has 0 radical (unpaired) electrons. The van der Waals surface area contributed by atoms with Crippen molar-refractivity contribution in [2.75, 3.05) is 11.9 Å². The molecular weight excluding hydrogens is 410 g/mol. The lowest BCUT2D eigenvalue weighted by atomic mass is 10.0. The summed E-state index contributed by atoms with van der Waals surface area (Å²) >= 11 is 0. The quantitative estimate of drug-likeness (QED) is 0.573. The van der Waals surface area contributed by atoms with Gasteiger partial charge in [0.2, 0.25) is 0 Å². The largest absolute Gasteiger partial charge is 0.454 e. The van der Waals surface area contributed by atoms with E-state index in [2.05, 4.69) is 16.0 Å². The maximum atomic E-state index is 12.5. The molecule has 0 aromatic heterocycles. The molecule has 1 atom stereocenters. The van der Waals surface area contributed by atoms with Crippen LogP contribution in [0.1, 0.15) is 40.9 Å². The molecule has 0 bridgehead atoms. The number of ether oxygens (including phenoxy) is 1. The molecular formula is C24H29N3O5. The number of nitrogens with one attached hydrogen (secondary N) is 3. The van der Waals surface area contributed by atoms with E-state index in [0.717, 1.165) is 16.7 Å². The van der Waals surface area contributed by atoms with E-state index in [1.165, 1.54) is 0 Å². The van der Waals surface area contributed by atoms with Gasteiger partial charge in [-0.3, -0.25) is 14.9 Å². The summed E-state index contributed by atoms with van der Waals surface area (Å²) in [6.07, 6.45) is 0. The van der Waals surface area contributed by atoms with Gasteiger partial charge >= 0.3 is 12.0 Å². The van der Waals surface area contributed by atoms with Gasteiger partial charge in [-0.15, -0.1) is 0 Å². The van der Waals surface area contributed by atoms with Gasteiger partial charge in [0.15, 0.2) is 6.61 Å². The molecule has 2 aromatic rings. The molecule has 4 amide bonds. The number of esters is 1. The van der Waals surface area contributed by atoms with Crippen molar-refractivity contribution in [1.29, 1.82) is 0 Å². The van der Waals surface area contributed by atoms with Crippen LogP contribution in [-0.2, 0) is 14.3 Å². The highest BCUT2D eigenvalue weighted by atomic mass is 16.5. The van der Waals surface area contributed by atoms with Crippen molar-refractivity contribution in [2.45, 2.75) is 40.7 Å². The van der Waals surface area contributed by atoms with E-state index in [4.69, 9.17) is 4.74 Å². The average molecular weight is 440 g/mol. The van der Waals surface area contributed by atoms with Crippen LogP contribution >= 0.6 is 0 Å². The lowest BCUT2D eigenvalue weighted by Gasteiger charge is -2.21. The highest BCUT2D eigenvalue weighted by Gasteiger charge is 2.27. The summed E-state index contributed by atoms with van der Waals surface area (Å²) in [6, 6.07) is 10.6. The number of urea groups is 1. The van der Waals surface area contributed by atoms with Gasteiger partial charge in [0.05, 0.1) is 0 Å². The highest BCUT2D eigenvalue weighted by Crippen LogP contribution is 2.14. The molecule has 3 N–H and O–H groups in total. The molecule has 0 aliphatic heterocycles. The van der Waals surface area contributed by atoms with E-state index < -0.39 is 36.5 Å². The van der Waals surface area contributed by atoms with Crippen LogP contribution in [-0.4, -0.2) is 36.5 Å². The molecule has 8 heteroatoms. The molecule has 0 fully saturated rings. The maximum absolute atomic E-state index is 12.5. The van der Waals surface area contributed by atoms with Crippen molar-refractivity contribution in [3.05, 3.63) is 64.7 Å². The van der Waals surface area contributed by atoms with Crippen LogP contribution in [0.4, 0.5) is 10.5 Å². The second-order valence-corrected chi connectivity index (χ2v) is 7.97. The fourth-order valence-electron chi connectivity index (χ4n) is 2.88. The molecule has 0 heterocycles. The van der Waals surface area contributed by atoms with Crippen LogP contribution in [0, 0.1) is 26.7 Å². The van der Waals surface area contributed by atoms with Gasteiger partial charge in [0.1, 0.15) is 6.04 Å². The van der Waals surface area contributed by atoms with Crippen LogP contribution in [0.15, 0.2) is 42.5 Å². The van der Waals surface area contributed by atoms with Crippen LogP contribution in [0.3, 0.4) is 0 Å². The molecule has 1 unspecified atom stereocenters. The first-order chi connectivity index (χ1) is 15.1. The number of hydrogen-bond donors (Lipinski definition) is 3. The Bertz CT molecular complexity index is 1020. The topological polar surface area (TPSA) is 114 Å². The summed E-state index contributed by atoms with van der Waals surface area (Å²) in [7, 11) is 0. The standard InChI is InChI=1S/C24H29N3O5/c1-14(2)21(27-22(29)18-8-6-7-15(3)11-18)23(30)32-13-20(28)26-24(31)25-19-10-9-16(4)17(5)12-19/h6-12,14,21H,13H2,1-5H3,(H,27,29)(H2,25,26,28,31). The Balaban J connectivity index is 1.87. The Morgan fingerprint density at radius 3 is 2.28 bits per heavy atom. The van der Waals surface area contributed by atoms with Crippen molar-refractivity contribution >= 4 is 29.5 Å². The molecule has 170 valence electrons. The number of anilines is 1. The third-order valence-corrected chi connectivity index (χ3v) is 4.85. The van der Waals surface area contributed by atoms with Crippen LogP contribution in [0.25, 0.3) is 0 Å². The summed E-state index contributed by atoms with van der Waals surface area (Å²) < 4.78 is 5.03. The van der Waals surface area contributed by atoms with Crippen molar-refractivity contribution in [2.24, 2.45) is 5.92 Å². The second kappa shape index (κ2) is 11.1. The predicted octanol–water partition coefficient (Wildman–Crippen LogP) is 3.26. The van der Waals surface area contributed by atoms with Gasteiger partial charge in [-0.2, -0.15) is 0 Å². The van der Waals surface area contributed by atoms with E-state index in [-0.39, 0.29) is 5.92 Å². The number of imide groups is 1. The molecule has 0 saturated carbocycles. The number of aryl methyl sites for hydroxylation is 3. The van der Waals surface area contributed by atoms with E-state index in [1.807, 2.05) is 32.9 Å². The SMILES string of the molecule is Cc1cccc(C(=O)NC(C(=O)OCC(=O)NC(=O)Nc2ccc(C)c(C)c2)C(C)C)c1. The first-order valence-electron chi connectivity index (χ1n) is 10.3. The lowest BCUT2D eigenvalue weighted by molar-refractivity contribution is -0.151. The van der Waals surface area contributed by atoms with E-state index in [1.54, 1.807) is 44.2 Å². The molecule has 2 rings (SSSR count). The first kappa shape index (κ1) is 24.6. The van der Waals surface area contributed by atoms with Crippen molar-refractivity contribution in [3.8, 4) is 0 Å². The number of carbonyl (C=O) groups excluding carboxylic acids is 4. The molecule has 0 spiro atoms. The van der Waals surface area contributed by atoms with Gasteiger partial charge in [0.25, 0.3) is 11.8 Å². The van der Waals surface area contributed by atoms with Crippen molar-refractivity contribution in [1.82, 2.24) is 10.6 Å². The Morgan fingerprint density at radius 1 is 0.938 bits per heavy atom. The Kier molecular flexibility index (Phi) is 8.52. The number of hydrogen-bond acceptors (Lipinski definition) is 5. The predicted molar refractivity (Wildman–Crippen MR) is 121 cm³/mol. The molecule has 2 aromatic carbocycles. The zero-order valence-corrected chi connectivity index (χ0v) is 18.9. The van der Waals surface area contributed by atoms with Gasteiger partial charge < -0.3 is 15.4 Å². The summed E-state index contributed by atoms with van der Waals surface area (Å²) in [6.45, 7) is 8.57. The third-order valence-electron chi connectivity index (χ3n) is 4.85. The van der Waals surface area contributed by atoms with E-state index in [9.17, 15) is 19.2 Å². The summed E-state index contributed by atoms with van der Waals surface area (Å²) in [5, 5.41) is 7.30. The molecule has 0 aliphatic carbocycles. The zero-order chi connectivity index (χ0) is 23.8. The third kappa shape index (κ3) is 7.23. The van der Waals surface area contributed by atoms with Gasteiger partial charge in [0, 0.05) is 11.3 Å². The minimum Gasteiger partial charge on any atom is -0.454 e. The number of rotatable bonds is 7. The molecule has 0 aliphatic rings. The zero-order valence-electron chi connectivity index (χ0n) is 18.9. The van der Waals surface area contributed by atoms with Crippen molar-refractivity contribution < 1.29 is 23.9 Å². The minimum atomic E-state index is -0.944. The normalized spacial score (nSPS) is 11.4. The average Bonchev–Trinajstić information content (AvgIpc) is 2.72. The number of benzene rings is 2. The Morgan fingerprint density at radius 2 is 1.66 bits per heavy atom. The summed E-state index contributed by atoms with van der Waals surface area (Å²) in [4.78, 5) is 48.9. The minimum absolute atomic E-state index is 0.271. The fraction of sp³-hybridized carbons (Fsp3) is 0.333. The molecule has 32 heavy (non-hydrogen) atoms. The monoisotopic (exact) mass is 439 g/mol. The second-order valence-electron chi connectivity index (χ2n) is 7.97. The van der Waals surface area contributed by atoms with Gasteiger partial charge in [-0.1, -0.05) is 37.6 Å². The summed E-state index contributed by atoms with van der Waals surface area (Å²) in [5.41, 5.74) is 3.94. The van der Waals surface area contributed by atoms with E-state index >= 15 is 0 Å². The van der Waals surface area contributed by atoms with E-state index in [0.29, 0.717) is 11.3 Å². The molecule has 8 nitrogen and oxygen atoms in total. The van der Waals surface area contributed by atoms with Crippen LogP contribution < -0.4 is 16.0 Å².